The highest BCUT2D eigenvalue weighted by Gasteiger charge is 2.34. The third-order valence-electron chi connectivity index (χ3n) is 6.99. The molecule has 3 aromatic carbocycles. The predicted molar refractivity (Wildman–Crippen MR) is 139 cm³/mol. The van der Waals surface area contributed by atoms with Gasteiger partial charge >= 0.3 is 0 Å². The summed E-state index contributed by atoms with van der Waals surface area (Å²) < 4.78 is 6.42. The molecule has 1 aliphatic carbocycles. The molecule has 0 aromatic heterocycles. The summed E-state index contributed by atoms with van der Waals surface area (Å²) in [5.74, 6) is 0.384. The summed E-state index contributed by atoms with van der Waals surface area (Å²) in [4.78, 5) is 14.4. The Morgan fingerprint density at radius 3 is 2.43 bits per heavy atom. The maximum atomic E-state index is 11.7. The fourth-order valence-electron chi connectivity index (χ4n) is 4.99. The van der Waals surface area contributed by atoms with Crippen molar-refractivity contribution in [3.05, 3.63) is 83.4 Å². The van der Waals surface area contributed by atoms with E-state index in [4.69, 9.17) is 9.94 Å². The Hall–Kier alpha value is -3.19. The molecule has 35 heavy (non-hydrogen) atoms. The number of piperidine rings is 1. The predicted octanol–water partition coefficient (Wildman–Crippen LogP) is 4.64. The Balaban J connectivity index is 1.40. The number of nitrogens with one attached hydrogen (secondary N) is 2. The zero-order valence-electron chi connectivity index (χ0n) is 20.0. The highest BCUT2D eigenvalue weighted by molar-refractivity contribution is 5.93. The van der Waals surface area contributed by atoms with E-state index < -0.39 is 5.91 Å². The molecule has 1 amide bonds. The third-order valence-corrected chi connectivity index (χ3v) is 6.99. The van der Waals surface area contributed by atoms with E-state index in [9.17, 15) is 4.79 Å². The van der Waals surface area contributed by atoms with E-state index in [2.05, 4.69) is 34.5 Å². The van der Waals surface area contributed by atoms with Crippen molar-refractivity contribution in [3.8, 4) is 5.75 Å². The van der Waals surface area contributed by atoms with Crippen LogP contribution in [0.4, 0.5) is 0 Å². The molecule has 0 radical (unpaired) electrons. The van der Waals surface area contributed by atoms with Crippen LogP contribution >= 0.6 is 0 Å². The number of hydroxylamine groups is 1. The number of rotatable bonds is 9. The molecule has 0 atom stereocenters. The summed E-state index contributed by atoms with van der Waals surface area (Å²) in [6.07, 6.45) is 7.08. The molecule has 1 saturated heterocycles. The Morgan fingerprint density at radius 2 is 1.69 bits per heavy atom. The van der Waals surface area contributed by atoms with Gasteiger partial charge in [0.25, 0.3) is 5.91 Å². The van der Waals surface area contributed by atoms with Crippen LogP contribution in [-0.2, 0) is 0 Å². The lowest BCUT2D eigenvalue weighted by atomic mass is 10.0. The maximum absolute atomic E-state index is 11.7. The Kier molecular flexibility index (Phi) is 7.42. The van der Waals surface area contributed by atoms with Gasteiger partial charge in [0.05, 0.1) is 0 Å². The molecule has 5 rings (SSSR count). The van der Waals surface area contributed by atoms with Crippen molar-refractivity contribution in [1.82, 2.24) is 15.7 Å². The number of hydrogen-bond acceptors (Lipinski definition) is 5. The molecule has 6 heteroatoms. The monoisotopic (exact) mass is 471 g/mol. The van der Waals surface area contributed by atoms with Gasteiger partial charge in [0.2, 0.25) is 0 Å². The van der Waals surface area contributed by atoms with Crippen LogP contribution in [0.1, 0.15) is 41.6 Å². The van der Waals surface area contributed by atoms with E-state index in [0.29, 0.717) is 24.3 Å². The van der Waals surface area contributed by atoms with Crippen LogP contribution in [0.25, 0.3) is 16.8 Å². The van der Waals surface area contributed by atoms with Gasteiger partial charge in [0.1, 0.15) is 12.4 Å². The van der Waals surface area contributed by atoms with Crippen molar-refractivity contribution in [1.29, 1.82) is 0 Å². The lowest BCUT2D eigenvalue weighted by Gasteiger charge is -2.35. The van der Waals surface area contributed by atoms with Crippen molar-refractivity contribution in [2.24, 2.45) is 0 Å². The highest BCUT2D eigenvalue weighted by Crippen LogP contribution is 2.32. The zero-order chi connectivity index (χ0) is 24.0. The van der Waals surface area contributed by atoms with E-state index >= 15 is 0 Å². The van der Waals surface area contributed by atoms with Gasteiger partial charge in [-0.1, -0.05) is 54.6 Å². The number of ether oxygens (including phenoxy) is 1. The van der Waals surface area contributed by atoms with Gasteiger partial charge in [0.15, 0.2) is 0 Å². The summed E-state index contributed by atoms with van der Waals surface area (Å²) >= 11 is 0. The summed E-state index contributed by atoms with van der Waals surface area (Å²) in [7, 11) is 0. The van der Waals surface area contributed by atoms with Gasteiger partial charge in [-0.2, -0.15) is 0 Å². The molecule has 0 unspecified atom stereocenters. The molecular formula is C29H33N3O3. The number of benzene rings is 3. The van der Waals surface area contributed by atoms with Gasteiger partial charge in [-0.15, -0.1) is 0 Å². The van der Waals surface area contributed by atoms with E-state index in [1.54, 1.807) is 17.6 Å². The lowest BCUT2D eigenvalue weighted by Crippen LogP contribution is -2.45. The molecule has 3 aromatic rings. The normalized spacial score (nSPS) is 17.0. The van der Waals surface area contributed by atoms with Crippen LogP contribution in [0.5, 0.6) is 5.75 Å². The van der Waals surface area contributed by atoms with E-state index in [1.165, 1.54) is 36.6 Å². The summed E-state index contributed by atoms with van der Waals surface area (Å²) in [5.41, 5.74) is 4.34. The van der Waals surface area contributed by atoms with Gasteiger partial charge < -0.3 is 10.1 Å². The van der Waals surface area contributed by atoms with Crippen molar-refractivity contribution >= 4 is 22.8 Å². The first-order chi connectivity index (χ1) is 17.2. The van der Waals surface area contributed by atoms with Crippen LogP contribution in [0, 0.1) is 0 Å². The standard InChI is InChI=1S/C29H33N3O3/c33-29(31-34)24-10-8-21(9-11-24)18-22(19-32(25-12-13-25)26-14-16-30-17-15-26)20-35-28-7-3-5-23-4-1-2-6-27(23)28/h1-11,18,25-26,30,34H,12-17,19-20H2,(H,31,33)/b22-18+. The molecule has 2 aliphatic rings. The third kappa shape index (κ3) is 5.90. The van der Waals surface area contributed by atoms with Crippen molar-refractivity contribution in [2.45, 2.75) is 37.8 Å². The number of fused-ring (bicyclic) bond motifs is 1. The Labute approximate surface area is 206 Å². The number of carbonyl (C=O) groups excluding carboxylic acids is 1. The number of carbonyl (C=O) groups is 1. The minimum absolute atomic E-state index is 0.424. The molecule has 6 nitrogen and oxygen atoms in total. The lowest BCUT2D eigenvalue weighted by molar-refractivity contribution is 0.0706. The van der Waals surface area contributed by atoms with Gasteiger partial charge in [-0.3, -0.25) is 14.9 Å². The highest BCUT2D eigenvalue weighted by atomic mass is 16.5. The molecule has 0 bridgehead atoms. The number of amides is 1. The molecule has 1 heterocycles. The first-order valence-electron chi connectivity index (χ1n) is 12.5. The average Bonchev–Trinajstić information content (AvgIpc) is 3.76. The Bertz CT molecular complexity index is 1180. The van der Waals surface area contributed by atoms with Gasteiger partial charge in [-0.05, 0) is 73.5 Å². The molecule has 1 saturated carbocycles. The fraction of sp³-hybridized carbons (Fsp3) is 0.345. The van der Waals surface area contributed by atoms with Crippen molar-refractivity contribution < 1.29 is 14.7 Å². The summed E-state index contributed by atoms with van der Waals surface area (Å²) in [6, 6.07) is 23.0. The average molecular weight is 472 g/mol. The minimum atomic E-state index is -0.508. The van der Waals surface area contributed by atoms with Crippen LogP contribution in [0.3, 0.4) is 0 Å². The van der Waals surface area contributed by atoms with Crippen LogP contribution < -0.4 is 15.5 Å². The number of hydrogen-bond donors (Lipinski definition) is 3. The van der Waals surface area contributed by atoms with Crippen LogP contribution in [0.2, 0.25) is 0 Å². The molecule has 1 aliphatic heterocycles. The van der Waals surface area contributed by atoms with Gasteiger partial charge in [0, 0.05) is 29.6 Å². The molecule has 2 fully saturated rings. The first kappa shape index (κ1) is 23.5. The summed E-state index contributed by atoms with van der Waals surface area (Å²) in [5, 5.41) is 14.7. The van der Waals surface area contributed by atoms with Gasteiger partial charge in [-0.25, -0.2) is 5.48 Å². The first-order valence-corrected chi connectivity index (χ1v) is 12.5. The zero-order valence-corrected chi connectivity index (χ0v) is 20.0. The molecule has 182 valence electrons. The van der Waals surface area contributed by atoms with Crippen molar-refractivity contribution in [2.75, 3.05) is 26.2 Å². The van der Waals surface area contributed by atoms with Crippen LogP contribution in [-0.4, -0.2) is 54.3 Å². The minimum Gasteiger partial charge on any atom is -0.489 e. The maximum Gasteiger partial charge on any atom is 0.274 e. The van der Waals surface area contributed by atoms with E-state index in [-0.39, 0.29) is 0 Å². The SMILES string of the molecule is O=C(NO)c1ccc(/C=C(/COc2cccc3ccccc23)CN(C2CCNCC2)C2CC2)cc1. The second-order valence-electron chi connectivity index (χ2n) is 9.52. The second-order valence-corrected chi connectivity index (χ2v) is 9.52. The summed E-state index contributed by atoms with van der Waals surface area (Å²) in [6.45, 7) is 3.53. The Morgan fingerprint density at radius 1 is 0.971 bits per heavy atom. The van der Waals surface area contributed by atoms with Crippen molar-refractivity contribution in [3.63, 3.8) is 0 Å². The second kappa shape index (κ2) is 11.0. The smallest absolute Gasteiger partial charge is 0.274 e. The molecule has 3 N–H and O–H groups in total. The quantitative estimate of drug-likeness (QED) is 0.313. The topological polar surface area (TPSA) is 73.8 Å². The number of nitrogens with zero attached hydrogens (tertiary/aromatic N) is 1. The fourth-order valence-corrected chi connectivity index (χ4v) is 4.99. The largest absolute Gasteiger partial charge is 0.489 e. The molecule has 0 spiro atoms. The molecular weight excluding hydrogens is 438 g/mol. The van der Waals surface area contributed by atoms with Crippen LogP contribution in [0.15, 0.2) is 72.3 Å². The van der Waals surface area contributed by atoms with E-state index in [1.807, 2.05) is 36.4 Å². The van der Waals surface area contributed by atoms with E-state index in [0.717, 1.165) is 36.3 Å².